The maximum atomic E-state index is 12.8. The quantitative estimate of drug-likeness (QED) is 0.652. The molecular weight excluding hydrogens is 409 g/mol. The molecule has 0 amide bonds. The molecule has 0 aliphatic carbocycles. The number of sulfonamides is 1. The predicted molar refractivity (Wildman–Crippen MR) is 89.3 cm³/mol. The van der Waals surface area contributed by atoms with E-state index < -0.39 is 34.5 Å². The highest BCUT2D eigenvalue weighted by Crippen LogP contribution is 2.30. The van der Waals surface area contributed by atoms with Crippen molar-refractivity contribution in [3.8, 4) is 0 Å². The second-order valence-electron chi connectivity index (χ2n) is 6.20. The van der Waals surface area contributed by atoms with E-state index in [1.165, 1.54) is 18.5 Å². The monoisotopic (exact) mass is 429 g/mol. The lowest BCUT2D eigenvalue weighted by Crippen LogP contribution is -2.27. The number of alkyl halides is 5. The van der Waals surface area contributed by atoms with Crippen LogP contribution in [0.2, 0.25) is 0 Å². The van der Waals surface area contributed by atoms with E-state index in [-0.39, 0.29) is 28.2 Å². The van der Waals surface area contributed by atoms with Crippen LogP contribution in [0.15, 0.2) is 17.2 Å². The molecule has 0 fully saturated rings. The highest BCUT2D eigenvalue weighted by molar-refractivity contribution is 7.89. The van der Waals surface area contributed by atoms with E-state index >= 15 is 0 Å². The van der Waals surface area contributed by atoms with E-state index in [1.54, 1.807) is 6.92 Å². The Morgan fingerprint density at radius 1 is 1.21 bits per heavy atom. The Hall–Kier alpha value is -2.02. The molecule has 0 saturated carbocycles. The first kappa shape index (κ1) is 22.3. The Morgan fingerprint density at radius 2 is 1.86 bits per heavy atom. The molecule has 0 aliphatic heterocycles. The number of nitrogens with zero attached hydrogens (tertiary/aromatic N) is 4. The zero-order valence-corrected chi connectivity index (χ0v) is 16.2. The van der Waals surface area contributed by atoms with Crippen LogP contribution in [0.1, 0.15) is 49.4 Å². The molecule has 2 aromatic rings. The van der Waals surface area contributed by atoms with Gasteiger partial charge in [0.2, 0.25) is 10.0 Å². The van der Waals surface area contributed by atoms with Gasteiger partial charge in [0, 0.05) is 12.2 Å². The van der Waals surface area contributed by atoms with Crippen molar-refractivity contribution in [1.29, 1.82) is 0 Å². The van der Waals surface area contributed by atoms with E-state index in [4.69, 9.17) is 0 Å². The minimum Gasteiger partial charge on any atom is -0.266 e. The van der Waals surface area contributed by atoms with Crippen LogP contribution in [0.5, 0.6) is 0 Å². The summed E-state index contributed by atoms with van der Waals surface area (Å²) >= 11 is 0. The molecule has 1 atom stereocenters. The summed E-state index contributed by atoms with van der Waals surface area (Å²) in [6.45, 7) is 1.42. The highest BCUT2D eigenvalue weighted by Gasteiger charge is 2.35. The van der Waals surface area contributed by atoms with Crippen molar-refractivity contribution in [3.63, 3.8) is 0 Å². The van der Waals surface area contributed by atoms with Gasteiger partial charge in [-0.3, -0.25) is 4.68 Å². The number of aromatic nitrogens is 4. The zero-order valence-electron chi connectivity index (χ0n) is 15.3. The van der Waals surface area contributed by atoms with Crippen molar-refractivity contribution in [2.45, 2.75) is 57.3 Å². The molecule has 158 valence electrons. The fourth-order valence-electron chi connectivity index (χ4n) is 2.76. The second-order valence-corrected chi connectivity index (χ2v) is 7.93. The molecule has 0 radical (unpaired) electrons. The molecule has 28 heavy (non-hydrogen) atoms. The summed E-state index contributed by atoms with van der Waals surface area (Å²) in [5.74, 6) is 0. The van der Waals surface area contributed by atoms with Gasteiger partial charge in [0.1, 0.15) is 4.90 Å². The first-order valence-electron chi connectivity index (χ1n) is 8.33. The van der Waals surface area contributed by atoms with Crippen molar-refractivity contribution >= 4 is 10.0 Å². The second kappa shape index (κ2) is 8.15. The van der Waals surface area contributed by atoms with Crippen LogP contribution >= 0.6 is 0 Å². The van der Waals surface area contributed by atoms with E-state index in [0.717, 1.165) is 12.3 Å². The van der Waals surface area contributed by atoms with Crippen LogP contribution in [0.3, 0.4) is 0 Å². The van der Waals surface area contributed by atoms with Crippen LogP contribution in [0, 0.1) is 13.8 Å². The molecule has 0 saturated heterocycles. The van der Waals surface area contributed by atoms with Crippen LogP contribution in [0.25, 0.3) is 0 Å². The van der Waals surface area contributed by atoms with Gasteiger partial charge in [-0.15, -0.1) is 0 Å². The van der Waals surface area contributed by atoms with E-state index in [1.807, 2.05) is 0 Å². The van der Waals surface area contributed by atoms with Crippen LogP contribution < -0.4 is 4.72 Å². The summed E-state index contributed by atoms with van der Waals surface area (Å²) in [6, 6.07) is 0.457. The van der Waals surface area contributed by atoms with Crippen LogP contribution in [0.4, 0.5) is 22.0 Å². The van der Waals surface area contributed by atoms with Crippen molar-refractivity contribution in [2.75, 3.05) is 6.54 Å². The Balaban J connectivity index is 2.09. The van der Waals surface area contributed by atoms with Gasteiger partial charge in [-0.25, -0.2) is 17.8 Å². The standard InChI is InChI=1S/C15H20F5N5O2S/c1-4-11(25-9(2)7-13(23-25)15(18,19)20)5-6-21-28(26,27)12-8-24(14(16)17)22-10(12)3/h7-8,11,14,21H,4-6H2,1-3H3/t11-/m0/s1. The fraction of sp³-hybridized carbons (Fsp3) is 0.600. The van der Waals surface area contributed by atoms with E-state index in [2.05, 4.69) is 14.9 Å². The molecule has 0 aliphatic rings. The molecule has 2 aromatic heterocycles. The Kier molecular flexibility index (Phi) is 6.48. The largest absolute Gasteiger partial charge is 0.435 e. The summed E-state index contributed by atoms with van der Waals surface area (Å²) in [5, 5.41) is 7.03. The average molecular weight is 429 g/mol. The minimum atomic E-state index is -4.57. The molecule has 2 heterocycles. The molecular formula is C15H20F5N5O2S. The number of halogens is 5. The Labute approximate surface area is 158 Å². The third-order valence-electron chi connectivity index (χ3n) is 4.16. The van der Waals surface area contributed by atoms with Crippen molar-refractivity contribution in [2.24, 2.45) is 0 Å². The van der Waals surface area contributed by atoms with Gasteiger partial charge in [0.15, 0.2) is 5.69 Å². The van der Waals surface area contributed by atoms with Crippen LogP contribution in [-0.4, -0.2) is 34.5 Å². The summed E-state index contributed by atoms with van der Waals surface area (Å²) in [4.78, 5) is -0.379. The summed E-state index contributed by atoms with van der Waals surface area (Å²) in [7, 11) is -4.09. The molecule has 0 aromatic carbocycles. The normalized spacial score (nSPS) is 14.0. The SMILES string of the molecule is CC[C@@H](CCNS(=O)(=O)c1cn(C(F)F)nc1C)n1nc(C(F)(F)F)cc1C. The summed E-state index contributed by atoms with van der Waals surface area (Å²) in [5.41, 5.74) is -0.798. The molecule has 1 N–H and O–H groups in total. The first-order valence-corrected chi connectivity index (χ1v) is 9.82. The number of rotatable bonds is 8. The van der Waals surface area contributed by atoms with Crippen molar-refractivity contribution in [1.82, 2.24) is 24.3 Å². The van der Waals surface area contributed by atoms with Crippen molar-refractivity contribution in [3.05, 3.63) is 29.3 Å². The molecule has 0 spiro atoms. The topological polar surface area (TPSA) is 81.8 Å². The van der Waals surface area contributed by atoms with Gasteiger partial charge in [-0.1, -0.05) is 6.92 Å². The third-order valence-corrected chi connectivity index (χ3v) is 5.72. The first-order chi connectivity index (χ1) is 12.9. The van der Waals surface area contributed by atoms with Gasteiger partial charge in [-0.05, 0) is 32.8 Å². The summed E-state index contributed by atoms with van der Waals surface area (Å²) < 4.78 is 92.1. The lowest BCUT2D eigenvalue weighted by molar-refractivity contribution is -0.141. The van der Waals surface area contributed by atoms with Crippen LogP contribution in [-0.2, 0) is 16.2 Å². The smallest absolute Gasteiger partial charge is 0.266 e. The van der Waals surface area contributed by atoms with Gasteiger partial charge in [-0.2, -0.15) is 32.1 Å². The number of hydrogen-bond acceptors (Lipinski definition) is 4. The number of nitrogens with one attached hydrogen (secondary N) is 1. The minimum absolute atomic E-state index is 0.0856. The van der Waals surface area contributed by atoms with Gasteiger partial charge < -0.3 is 0 Å². The van der Waals surface area contributed by atoms with E-state index in [9.17, 15) is 30.4 Å². The van der Waals surface area contributed by atoms with Gasteiger partial charge in [0.25, 0.3) is 0 Å². The van der Waals surface area contributed by atoms with Crippen molar-refractivity contribution < 1.29 is 30.4 Å². The lowest BCUT2D eigenvalue weighted by atomic mass is 10.1. The number of aryl methyl sites for hydroxylation is 2. The number of hydrogen-bond donors (Lipinski definition) is 1. The fourth-order valence-corrected chi connectivity index (χ4v) is 3.98. The molecule has 2 rings (SSSR count). The average Bonchev–Trinajstić information content (AvgIpc) is 3.15. The molecule has 7 nitrogen and oxygen atoms in total. The maximum absolute atomic E-state index is 12.8. The molecule has 0 bridgehead atoms. The maximum Gasteiger partial charge on any atom is 0.435 e. The lowest BCUT2D eigenvalue weighted by Gasteiger charge is -2.18. The third kappa shape index (κ3) is 4.87. The Morgan fingerprint density at radius 3 is 2.32 bits per heavy atom. The van der Waals surface area contributed by atoms with Gasteiger partial charge >= 0.3 is 12.7 Å². The summed E-state index contributed by atoms with van der Waals surface area (Å²) in [6.07, 6.45) is -3.26. The molecule has 0 unspecified atom stereocenters. The predicted octanol–water partition coefficient (Wildman–Crippen LogP) is 3.43. The Bertz CT molecular complexity index is 920. The van der Waals surface area contributed by atoms with E-state index in [0.29, 0.717) is 12.1 Å². The zero-order chi connectivity index (χ0) is 21.3. The highest BCUT2D eigenvalue weighted by atomic mass is 32.2. The molecule has 13 heteroatoms. The van der Waals surface area contributed by atoms with Gasteiger partial charge in [0.05, 0.1) is 17.9 Å².